The highest BCUT2D eigenvalue weighted by Crippen LogP contribution is 2.18. The molecule has 0 atom stereocenters. The van der Waals surface area contributed by atoms with E-state index in [0.717, 1.165) is 43.7 Å². The van der Waals surface area contributed by atoms with Crippen molar-refractivity contribution in [2.75, 3.05) is 13.1 Å². The fourth-order valence-electron chi connectivity index (χ4n) is 2.70. The van der Waals surface area contributed by atoms with E-state index in [1.54, 1.807) is 12.4 Å². The highest BCUT2D eigenvalue weighted by atomic mass is 16.5. The van der Waals surface area contributed by atoms with Crippen LogP contribution in [0.4, 0.5) is 0 Å². The van der Waals surface area contributed by atoms with Crippen LogP contribution in [0.15, 0.2) is 30.7 Å². The second-order valence-electron chi connectivity index (χ2n) is 5.88. The summed E-state index contributed by atoms with van der Waals surface area (Å²) in [5.74, 6) is 0. The summed E-state index contributed by atoms with van der Waals surface area (Å²) in [6.45, 7) is 7.08. The molecular formula is C17H22N4O. The van der Waals surface area contributed by atoms with Crippen molar-refractivity contribution in [3.63, 3.8) is 0 Å². The molecule has 5 heteroatoms. The van der Waals surface area contributed by atoms with Gasteiger partial charge in [0, 0.05) is 43.9 Å². The van der Waals surface area contributed by atoms with E-state index in [1.807, 2.05) is 19.2 Å². The molecule has 1 saturated heterocycles. The number of rotatable bonds is 4. The minimum Gasteiger partial charge on any atom is -0.460 e. The van der Waals surface area contributed by atoms with Crippen LogP contribution < -0.4 is 4.74 Å². The third-order valence-electron chi connectivity index (χ3n) is 4.07. The van der Waals surface area contributed by atoms with E-state index in [2.05, 4.69) is 32.8 Å². The zero-order chi connectivity index (χ0) is 15.4. The standard InChI is InChI=1S/C17H22N4O/c1-13-10-19-17(20-11-13)22-16-5-8-21(9-6-16)12-15-4-3-7-18-14(15)2/h3-4,7,10-11,16H,5-6,8-9,12H2,1-2H3. The minimum absolute atomic E-state index is 0.217. The van der Waals surface area contributed by atoms with Gasteiger partial charge in [-0.15, -0.1) is 0 Å². The van der Waals surface area contributed by atoms with E-state index in [0.29, 0.717) is 6.01 Å². The Morgan fingerprint density at radius 2 is 1.86 bits per heavy atom. The van der Waals surface area contributed by atoms with Crippen LogP contribution in [0.2, 0.25) is 0 Å². The Bertz CT molecular complexity index is 606. The largest absolute Gasteiger partial charge is 0.460 e. The van der Waals surface area contributed by atoms with Crippen LogP contribution in [0, 0.1) is 13.8 Å². The molecule has 116 valence electrons. The second-order valence-corrected chi connectivity index (χ2v) is 5.88. The van der Waals surface area contributed by atoms with Crippen molar-refractivity contribution < 1.29 is 4.74 Å². The summed E-state index contributed by atoms with van der Waals surface area (Å²) in [7, 11) is 0. The first-order valence-corrected chi connectivity index (χ1v) is 7.79. The Morgan fingerprint density at radius 1 is 1.14 bits per heavy atom. The molecule has 0 saturated carbocycles. The number of nitrogens with zero attached hydrogens (tertiary/aromatic N) is 4. The second kappa shape index (κ2) is 6.83. The van der Waals surface area contributed by atoms with Crippen molar-refractivity contribution >= 4 is 0 Å². The maximum absolute atomic E-state index is 5.87. The maximum atomic E-state index is 5.87. The van der Waals surface area contributed by atoms with E-state index in [9.17, 15) is 0 Å². The molecule has 1 aliphatic heterocycles. The molecule has 2 aromatic rings. The van der Waals surface area contributed by atoms with E-state index in [1.165, 1.54) is 5.56 Å². The molecule has 1 fully saturated rings. The molecule has 5 nitrogen and oxygen atoms in total. The zero-order valence-corrected chi connectivity index (χ0v) is 13.2. The van der Waals surface area contributed by atoms with E-state index < -0.39 is 0 Å². The molecule has 3 rings (SSSR count). The van der Waals surface area contributed by atoms with E-state index in [-0.39, 0.29) is 6.10 Å². The Morgan fingerprint density at radius 3 is 2.55 bits per heavy atom. The highest BCUT2D eigenvalue weighted by Gasteiger charge is 2.21. The lowest BCUT2D eigenvalue weighted by molar-refractivity contribution is 0.0890. The van der Waals surface area contributed by atoms with Crippen LogP contribution in [-0.2, 0) is 6.54 Å². The summed E-state index contributed by atoms with van der Waals surface area (Å²) >= 11 is 0. The predicted molar refractivity (Wildman–Crippen MR) is 84.7 cm³/mol. The van der Waals surface area contributed by atoms with Crippen molar-refractivity contribution in [3.05, 3.63) is 47.5 Å². The lowest BCUT2D eigenvalue weighted by atomic mass is 10.1. The van der Waals surface area contributed by atoms with Crippen molar-refractivity contribution in [2.45, 2.75) is 39.3 Å². The number of pyridine rings is 1. The quantitative estimate of drug-likeness (QED) is 0.868. The third-order valence-corrected chi connectivity index (χ3v) is 4.07. The predicted octanol–water partition coefficient (Wildman–Crippen LogP) is 2.53. The Kier molecular flexibility index (Phi) is 4.63. The number of hydrogen-bond acceptors (Lipinski definition) is 5. The molecule has 0 bridgehead atoms. The van der Waals surface area contributed by atoms with Crippen molar-refractivity contribution in [1.29, 1.82) is 0 Å². The fourth-order valence-corrected chi connectivity index (χ4v) is 2.70. The summed E-state index contributed by atoms with van der Waals surface area (Å²) in [6, 6.07) is 4.66. The first-order chi connectivity index (χ1) is 10.7. The molecule has 2 aromatic heterocycles. The number of piperidine rings is 1. The van der Waals surface area contributed by atoms with Crippen LogP contribution in [0.25, 0.3) is 0 Å². The molecule has 0 N–H and O–H groups in total. The van der Waals surface area contributed by atoms with Gasteiger partial charge in [-0.3, -0.25) is 9.88 Å². The van der Waals surface area contributed by atoms with Gasteiger partial charge in [0.1, 0.15) is 6.10 Å². The molecule has 22 heavy (non-hydrogen) atoms. The minimum atomic E-state index is 0.217. The highest BCUT2D eigenvalue weighted by molar-refractivity contribution is 5.18. The molecular weight excluding hydrogens is 276 g/mol. The molecule has 0 unspecified atom stereocenters. The maximum Gasteiger partial charge on any atom is 0.316 e. The van der Waals surface area contributed by atoms with Crippen LogP contribution in [0.5, 0.6) is 6.01 Å². The van der Waals surface area contributed by atoms with Gasteiger partial charge in [0.05, 0.1) is 0 Å². The van der Waals surface area contributed by atoms with Gasteiger partial charge in [0.2, 0.25) is 0 Å². The Labute approximate surface area is 131 Å². The first kappa shape index (κ1) is 14.9. The molecule has 0 radical (unpaired) electrons. The lowest BCUT2D eigenvalue weighted by Crippen LogP contribution is -2.38. The molecule has 0 aromatic carbocycles. The van der Waals surface area contributed by atoms with Crippen LogP contribution in [-0.4, -0.2) is 39.0 Å². The van der Waals surface area contributed by atoms with Crippen LogP contribution >= 0.6 is 0 Å². The van der Waals surface area contributed by atoms with Gasteiger partial charge in [-0.25, -0.2) is 9.97 Å². The van der Waals surface area contributed by atoms with Gasteiger partial charge in [0.25, 0.3) is 0 Å². The van der Waals surface area contributed by atoms with Gasteiger partial charge in [-0.1, -0.05) is 6.07 Å². The molecule has 3 heterocycles. The average molecular weight is 298 g/mol. The summed E-state index contributed by atoms with van der Waals surface area (Å²) in [6.07, 6.45) is 7.67. The van der Waals surface area contributed by atoms with Crippen LogP contribution in [0.3, 0.4) is 0 Å². The van der Waals surface area contributed by atoms with Crippen molar-refractivity contribution in [3.8, 4) is 6.01 Å². The van der Waals surface area contributed by atoms with Gasteiger partial charge < -0.3 is 4.74 Å². The Hall–Kier alpha value is -2.01. The van der Waals surface area contributed by atoms with E-state index >= 15 is 0 Å². The SMILES string of the molecule is Cc1cnc(OC2CCN(Cc3cccnc3C)CC2)nc1. The summed E-state index contributed by atoms with van der Waals surface area (Å²) in [4.78, 5) is 15.2. The molecule has 0 amide bonds. The van der Waals surface area contributed by atoms with Gasteiger partial charge in [0.15, 0.2) is 0 Å². The average Bonchev–Trinajstić information content (AvgIpc) is 2.54. The van der Waals surface area contributed by atoms with Crippen molar-refractivity contribution in [2.24, 2.45) is 0 Å². The smallest absolute Gasteiger partial charge is 0.316 e. The summed E-state index contributed by atoms with van der Waals surface area (Å²) in [5.41, 5.74) is 3.48. The van der Waals surface area contributed by atoms with Crippen molar-refractivity contribution in [1.82, 2.24) is 19.9 Å². The summed E-state index contributed by atoms with van der Waals surface area (Å²) < 4.78 is 5.87. The number of aromatic nitrogens is 3. The third kappa shape index (κ3) is 3.80. The molecule has 0 aliphatic carbocycles. The van der Waals surface area contributed by atoms with Gasteiger partial charge >= 0.3 is 6.01 Å². The lowest BCUT2D eigenvalue weighted by Gasteiger charge is -2.31. The van der Waals surface area contributed by atoms with Crippen LogP contribution in [0.1, 0.15) is 29.7 Å². The molecule has 1 aliphatic rings. The van der Waals surface area contributed by atoms with Gasteiger partial charge in [-0.05, 0) is 43.9 Å². The normalized spacial score (nSPS) is 16.6. The Balaban J connectivity index is 1.50. The topological polar surface area (TPSA) is 51.1 Å². The number of likely N-dealkylation sites (tertiary alicyclic amines) is 1. The first-order valence-electron chi connectivity index (χ1n) is 7.79. The fraction of sp³-hybridized carbons (Fsp3) is 0.471. The monoisotopic (exact) mass is 298 g/mol. The molecule has 0 spiro atoms. The number of aryl methyl sites for hydroxylation is 2. The van der Waals surface area contributed by atoms with Gasteiger partial charge in [-0.2, -0.15) is 0 Å². The van der Waals surface area contributed by atoms with E-state index in [4.69, 9.17) is 4.74 Å². The summed E-state index contributed by atoms with van der Waals surface area (Å²) in [5, 5.41) is 0. The zero-order valence-electron chi connectivity index (χ0n) is 13.2. The number of ether oxygens (including phenoxy) is 1. The number of hydrogen-bond donors (Lipinski definition) is 0.